The van der Waals surface area contributed by atoms with Gasteiger partial charge < -0.3 is 14.9 Å². The van der Waals surface area contributed by atoms with E-state index in [-0.39, 0.29) is 17.9 Å². The second-order valence-electron chi connectivity index (χ2n) is 6.28. The smallest absolute Gasteiger partial charge is 0.376 e. The lowest BCUT2D eigenvalue weighted by Crippen LogP contribution is -2.47. The zero-order chi connectivity index (χ0) is 18.0. The molecular formula is C17H23F3N2O2. The van der Waals surface area contributed by atoms with Crippen LogP contribution < -0.4 is 0 Å². The molecule has 1 atom stereocenters. The molecule has 1 aliphatic heterocycles. The topological polar surface area (TPSA) is 43.8 Å². The van der Waals surface area contributed by atoms with Crippen molar-refractivity contribution in [1.29, 1.82) is 0 Å². The zero-order valence-corrected chi connectivity index (χ0v) is 13.9. The number of hydrogen-bond donors (Lipinski definition) is 1. The number of likely N-dealkylation sites (N-methyl/N-ethyl adjacent to an activating group) is 1. The van der Waals surface area contributed by atoms with Gasteiger partial charge in [-0.15, -0.1) is 0 Å². The second kappa shape index (κ2) is 7.11. The third-order valence-corrected chi connectivity index (χ3v) is 4.48. The van der Waals surface area contributed by atoms with Crippen molar-refractivity contribution in [2.45, 2.75) is 31.5 Å². The molecule has 134 valence electrons. The quantitative estimate of drug-likeness (QED) is 0.913. The van der Waals surface area contributed by atoms with Crippen LogP contribution in [-0.4, -0.2) is 60.2 Å². The highest BCUT2D eigenvalue weighted by atomic mass is 19.4. The van der Waals surface area contributed by atoms with Crippen molar-refractivity contribution >= 4 is 5.91 Å². The van der Waals surface area contributed by atoms with Gasteiger partial charge in [-0.1, -0.05) is 25.5 Å². The fourth-order valence-electron chi connectivity index (χ4n) is 2.89. The molecule has 1 unspecified atom stereocenters. The van der Waals surface area contributed by atoms with Crippen LogP contribution in [0.25, 0.3) is 0 Å². The third-order valence-electron chi connectivity index (χ3n) is 4.48. The number of aliphatic hydroxyl groups is 1. The summed E-state index contributed by atoms with van der Waals surface area (Å²) >= 11 is 0. The number of carbonyl (C=O) groups is 1. The van der Waals surface area contributed by atoms with Crippen molar-refractivity contribution in [1.82, 2.24) is 9.80 Å². The molecule has 0 radical (unpaired) electrons. The molecular weight excluding hydrogens is 321 g/mol. The van der Waals surface area contributed by atoms with Gasteiger partial charge in [0.1, 0.15) is 0 Å². The van der Waals surface area contributed by atoms with Gasteiger partial charge in [-0.05, 0) is 31.2 Å². The van der Waals surface area contributed by atoms with Gasteiger partial charge in [0.2, 0.25) is 0 Å². The summed E-state index contributed by atoms with van der Waals surface area (Å²) in [5.74, 6) is -0.194. The minimum atomic E-state index is -4.76. The summed E-state index contributed by atoms with van der Waals surface area (Å²) in [5.41, 5.74) is -2.77. The van der Waals surface area contributed by atoms with E-state index < -0.39 is 18.2 Å². The van der Waals surface area contributed by atoms with Crippen molar-refractivity contribution in [3.8, 4) is 0 Å². The molecule has 1 aromatic carbocycles. The molecule has 1 heterocycles. The summed E-state index contributed by atoms with van der Waals surface area (Å²) < 4.78 is 39.7. The van der Waals surface area contributed by atoms with E-state index in [2.05, 4.69) is 4.90 Å². The SMILES string of the molecule is CCCC(O)(c1ccc(C(=O)N2CCN(C)CC2)cc1)C(F)(F)F. The number of benzene rings is 1. The van der Waals surface area contributed by atoms with Crippen LogP contribution in [0.15, 0.2) is 24.3 Å². The lowest BCUT2D eigenvalue weighted by molar-refractivity contribution is -0.269. The van der Waals surface area contributed by atoms with E-state index in [1.54, 1.807) is 11.8 Å². The maximum Gasteiger partial charge on any atom is 0.421 e. The maximum absolute atomic E-state index is 13.2. The lowest BCUT2D eigenvalue weighted by Gasteiger charge is -2.33. The van der Waals surface area contributed by atoms with Crippen molar-refractivity contribution in [2.24, 2.45) is 0 Å². The van der Waals surface area contributed by atoms with E-state index in [1.165, 1.54) is 24.3 Å². The Hall–Kier alpha value is -1.60. The van der Waals surface area contributed by atoms with Gasteiger partial charge in [-0.2, -0.15) is 13.2 Å². The fraction of sp³-hybridized carbons (Fsp3) is 0.588. The molecule has 1 N–H and O–H groups in total. The predicted octanol–water partition coefficient (Wildman–Crippen LogP) is 2.62. The molecule has 1 aliphatic rings. The Morgan fingerprint density at radius 3 is 2.12 bits per heavy atom. The van der Waals surface area contributed by atoms with E-state index in [1.807, 2.05) is 7.05 Å². The van der Waals surface area contributed by atoms with E-state index in [9.17, 15) is 23.1 Å². The normalized spacial score (nSPS) is 19.2. The molecule has 0 bridgehead atoms. The standard InChI is InChI=1S/C17H23F3N2O2/c1-3-8-16(24,17(18,19)20)14-6-4-13(5-7-14)15(23)22-11-9-21(2)10-12-22/h4-7,24H,3,8-12H2,1-2H3. The number of amides is 1. The van der Waals surface area contributed by atoms with E-state index in [0.29, 0.717) is 18.7 Å². The van der Waals surface area contributed by atoms with Crippen LogP contribution in [0.1, 0.15) is 35.7 Å². The molecule has 7 heteroatoms. The molecule has 0 spiro atoms. The first-order chi connectivity index (χ1) is 11.2. The summed E-state index contributed by atoms with van der Waals surface area (Å²) in [6, 6.07) is 5.13. The Morgan fingerprint density at radius 2 is 1.67 bits per heavy atom. The van der Waals surface area contributed by atoms with Crippen LogP contribution >= 0.6 is 0 Å². The Kier molecular flexibility index (Phi) is 5.55. The fourth-order valence-corrected chi connectivity index (χ4v) is 2.89. The highest BCUT2D eigenvalue weighted by Crippen LogP contribution is 2.42. The average Bonchev–Trinajstić information content (AvgIpc) is 2.54. The van der Waals surface area contributed by atoms with Crippen molar-refractivity contribution in [3.63, 3.8) is 0 Å². The monoisotopic (exact) mass is 344 g/mol. The highest BCUT2D eigenvalue weighted by Gasteiger charge is 2.54. The van der Waals surface area contributed by atoms with E-state index >= 15 is 0 Å². The lowest BCUT2D eigenvalue weighted by atomic mass is 9.88. The van der Waals surface area contributed by atoms with Gasteiger partial charge in [0.25, 0.3) is 5.91 Å². The van der Waals surface area contributed by atoms with Crippen LogP contribution in [0.2, 0.25) is 0 Å². The Balaban J connectivity index is 2.19. The van der Waals surface area contributed by atoms with Crippen molar-refractivity contribution in [2.75, 3.05) is 33.2 Å². The molecule has 2 rings (SSSR count). The Labute approximate surface area is 139 Å². The summed E-state index contributed by atoms with van der Waals surface area (Å²) in [4.78, 5) is 16.2. The number of hydrogen-bond acceptors (Lipinski definition) is 3. The van der Waals surface area contributed by atoms with Crippen molar-refractivity contribution < 1.29 is 23.1 Å². The maximum atomic E-state index is 13.2. The number of rotatable bonds is 4. The minimum Gasteiger partial charge on any atom is -0.376 e. The van der Waals surface area contributed by atoms with Crippen LogP contribution in [0.3, 0.4) is 0 Å². The minimum absolute atomic E-state index is 0.192. The Morgan fingerprint density at radius 1 is 1.12 bits per heavy atom. The van der Waals surface area contributed by atoms with E-state index in [4.69, 9.17) is 0 Å². The van der Waals surface area contributed by atoms with Crippen LogP contribution in [0.5, 0.6) is 0 Å². The molecule has 1 fully saturated rings. The predicted molar refractivity (Wildman–Crippen MR) is 84.7 cm³/mol. The van der Waals surface area contributed by atoms with Gasteiger partial charge in [-0.3, -0.25) is 4.79 Å². The summed E-state index contributed by atoms with van der Waals surface area (Å²) in [5, 5.41) is 10.1. The highest BCUT2D eigenvalue weighted by molar-refractivity contribution is 5.94. The van der Waals surface area contributed by atoms with Gasteiger partial charge in [-0.25, -0.2) is 0 Å². The number of nitrogens with zero attached hydrogens (tertiary/aromatic N) is 2. The first-order valence-corrected chi connectivity index (χ1v) is 8.06. The van der Waals surface area contributed by atoms with Gasteiger partial charge in [0.15, 0.2) is 5.60 Å². The molecule has 0 aliphatic carbocycles. The summed E-state index contributed by atoms with van der Waals surface area (Å²) in [6.45, 7) is 4.32. The average molecular weight is 344 g/mol. The molecule has 0 aromatic heterocycles. The second-order valence-corrected chi connectivity index (χ2v) is 6.28. The zero-order valence-electron chi connectivity index (χ0n) is 13.9. The number of piperazine rings is 1. The molecule has 4 nitrogen and oxygen atoms in total. The summed E-state index contributed by atoms with van der Waals surface area (Å²) in [6.07, 6.45) is -4.98. The largest absolute Gasteiger partial charge is 0.421 e. The molecule has 1 aromatic rings. The molecule has 1 saturated heterocycles. The van der Waals surface area contributed by atoms with Gasteiger partial charge in [0.05, 0.1) is 0 Å². The molecule has 0 saturated carbocycles. The van der Waals surface area contributed by atoms with Gasteiger partial charge in [0, 0.05) is 31.7 Å². The third kappa shape index (κ3) is 3.72. The number of halogens is 3. The number of alkyl halides is 3. The first-order valence-electron chi connectivity index (χ1n) is 8.06. The first kappa shape index (κ1) is 18.7. The number of carbonyl (C=O) groups excluding carboxylic acids is 1. The summed E-state index contributed by atoms with van der Waals surface area (Å²) in [7, 11) is 1.97. The van der Waals surface area contributed by atoms with Crippen LogP contribution in [0.4, 0.5) is 13.2 Å². The van der Waals surface area contributed by atoms with Crippen molar-refractivity contribution in [3.05, 3.63) is 35.4 Å². The molecule has 24 heavy (non-hydrogen) atoms. The Bertz CT molecular complexity index is 566. The van der Waals surface area contributed by atoms with Crippen LogP contribution in [-0.2, 0) is 5.60 Å². The van der Waals surface area contributed by atoms with Gasteiger partial charge >= 0.3 is 6.18 Å². The van der Waals surface area contributed by atoms with E-state index in [0.717, 1.165) is 13.1 Å². The molecule has 1 amide bonds. The van der Waals surface area contributed by atoms with Crippen LogP contribution in [0, 0.1) is 0 Å².